The number of thioether (sulfide) groups is 1. The van der Waals surface area contributed by atoms with Gasteiger partial charge in [-0.1, -0.05) is 139 Å². The minimum absolute atomic E-state index is 0.0376. The van der Waals surface area contributed by atoms with E-state index in [4.69, 9.17) is 149 Å². The largest absolute Gasteiger partial charge is 0.426 e. The molecule has 0 unspecified atom stereocenters. The van der Waals surface area contributed by atoms with Crippen molar-refractivity contribution in [1.82, 2.24) is 15.0 Å². The summed E-state index contributed by atoms with van der Waals surface area (Å²) in [6.07, 6.45) is 0. The highest BCUT2D eigenvalue weighted by molar-refractivity contribution is 7.99. The van der Waals surface area contributed by atoms with Crippen LogP contribution in [-0.4, -0.2) is 20.6 Å². The van der Waals surface area contributed by atoms with Gasteiger partial charge in [0.25, 0.3) is 5.62 Å². The number of aromatic nitrogens is 3. The minimum atomic E-state index is -1.44. The molecule has 0 N–H and O–H groups in total. The van der Waals surface area contributed by atoms with Gasteiger partial charge in [0, 0.05) is 0 Å². The van der Waals surface area contributed by atoms with Crippen LogP contribution >= 0.6 is 151 Å². The van der Waals surface area contributed by atoms with Gasteiger partial charge in [-0.3, -0.25) is 0 Å². The standard InChI is InChI=1S/C16HCl12N3O2S/c17-1-4(20)10(26)29-13(7(1)23)32-16(33-14-8(24)2(18)5(21)11(27)30-14)34-15-9(25)3(19)6(22)12(28)31-15/h16H. The number of ether oxygens (including phenoxy) is 2. The van der Waals surface area contributed by atoms with Crippen molar-refractivity contribution in [2.45, 2.75) is 10.6 Å². The molecular weight excluding hydrogens is 724 g/mol. The lowest BCUT2D eigenvalue weighted by molar-refractivity contribution is 0.0760. The zero-order valence-electron chi connectivity index (χ0n) is 15.2. The number of hydrogen-bond acceptors (Lipinski definition) is 6. The third kappa shape index (κ3) is 6.29. The van der Waals surface area contributed by atoms with Gasteiger partial charge in [0.05, 0.1) is 35.2 Å². The number of pyridine rings is 3. The van der Waals surface area contributed by atoms with E-state index in [0.29, 0.717) is 0 Å². The van der Waals surface area contributed by atoms with Gasteiger partial charge in [-0.15, -0.1) is 0 Å². The predicted molar refractivity (Wildman–Crippen MR) is 144 cm³/mol. The molecule has 0 aliphatic heterocycles. The predicted octanol–water partition coefficient (Wildman–Crippen LogP) is 11.2. The van der Waals surface area contributed by atoms with Gasteiger partial charge < -0.3 is 9.47 Å². The molecule has 0 spiro atoms. The first-order valence-corrected chi connectivity index (χ1v) is 13.3. The van der Waals surface area contributed by atoms with Crippen molar-refractivity contribution < 1.29 is 9.47 Å². The highest BCUT2D eigenvalue weighted by atomic mass is 35.5. The summed E-state index contributed by atoms with van der Waals surface area (Å²) in [6.45, 7) is 0. The van der Waals surface area contributed by atoms with Crippen molar-refractivity contribution in [3.8, 4) is 11.8 Å². The second kappa shape index (κ2) is 12.2. The zero-order chi connectivity index (χ0) is 25.5. The van der Waals surface area contributed by atoms with Gasteiger partial charge in [-0.05, 0) is 11.8 Å². The van der Waals surface area contributed by atoms with E-state index in [9.17, 15) is 0 Å². The molecule has 3 rings (SSSR count). The van der Waals surface area contributed by atoms with Gasteiger partial charge >= 0.3 is 0 Å². The summed E-state index contributed by atoms with van der Waals surface area (Å²) < 4.78 is 11.5. The Balaban J connectivity index is 2.08. The summed E-state index contributed by atoms with van der Waals surface area (Å²) in [4.78, 5) is 12.0. The summed E-state index contributed by atoms with van der Waals surface area (Å²) in [6, 6.07) is 0. The van der Waals surface area contributed by atoms with Gasteiger partial charge in [0.1, 0.15) is 15.1 Å². The second-order valence-corrected chi connectivity index (χ2v) is 11.1. The molecule has 3 aromatic rings. The maximum Gasteiger partial charge on any atom is 0.300 e. The molecule has 0 saturated carbocycles. The van der Waals surface area contributed by atoms with E-state index in [2.05, 4.69) is 15.0 Å². The molecule has 3 aromatic heterocycles. The first kappa shape index (κ1) is 29.4. The van der Waals surface area contributed by atoms with Crippen molar-refractivity contribution in [2.24, 2.45) is 0 Å². The summed E-state index contributed by atoms with van der Waals surface area (Å²) >= 11 is 73.5. The molecule has 0 aliphatic rings. The Morgan fingerprint density at radius 3 is 1.21 bits per heavy atom. The molecule has 0 saturated heterocycles. The SMILES string of the molecule is Clc1nc(OC(Oc2nc(Cl)c(Cl)c(Cl)c2Cl)Sc2nc(Cl)c(Cl)c(Cl)c2Cl)c(Cl)c(Cl)c1Cl. The van der Waals surface area contributed by atoms with Crippen molar-refractivity contribution >= 4 is 151 Å². The Kier molecular flexibility index (Phi) is 10.5. The van der Waals surface area contributed by atoms with Crippen LogP contribution in [0.3, 0.4) is 0 Å². The fraction of sp³-hybridized carbons (Fsp3) is 0.0625. The van der Waals surface area contributed by atoms with Crippen molar-refractivity contribution in [2.75, 3.05) is 0 Å². The van der Waals surface area contributed by atoms with Crippen LogP contribution in [0.1, 0.15) is 0 Å². The lowest BCUT2D eigenvalue weighted by atomic mass is 10.5. The average molecular weight is 725 g/mol. The van der Waals surface area contributed by atoms with Crippen molar-refractivity contribution in [1.29, 1.82) is 0 Å². The van der Waals surface area contributed by atoms with Crippen molar-refractivity contribution in [3.63, 3.8) is 0 Å². The Hall–Kier alpha value is 0.880. The van der Waals surface area contributed by atoms with E-state index in [1.807, 2.05) is 0 Å². The summed E-state index contributed by atoms with van der Waals surface area (Å²) in [5.74, 6) is -0.550. The van der Waals surface area contributed by atoms with Gasteiger partial charge in [0.2, 0.25) is 11.8 Å². The first-order chi connectivity index (χ1) is 15.8. The van der Waals surface area contributed by atoms with Crippen LogP contribution in [0.15, 0.2) is 5.03 Å². The molecule has 0 fully saturated rings. The first-order valence-electron chi connectivity index (χ1n) is 7.93. The third-order valence-corrected chi connectivity index (χ3v) is 9.50. The quantitative estimate of drug-likeness (QED) is 0.143. The van der Waals surface area contributed by atoms with Crippen LogP contribution in [0.2, 0.25) is 60.7 Å². The van der Waals surface area contributed by atoms with E-state index < -0.39 is 5.62 Å². The number of nitrogens with zero attached hydrogens (tertiary/aromatic N) is 3. The molecular formula is C16HCl12N3O2S. The average Bonchev–Trinajstić information content (AvgIpc) is 2.80. The molecule has 5 nitrogen and oxygen atoms in total. The fourth-order valence-corrected chi connectivity index (χ4v) is 5.28. The smallest absolute Gasteiger partial charge is 0.300 e. The molecule has 0 atom stereocenters. The second-order valence-electron chi connectivity index (χ2n) is 5.59. The summed E-state index contributed by atoms with van der Waals surface area (Å²) in [5.41, 5.74) is -1.44. The van der Waals surface area contributed by atoms with E-state index in [0.717, 1.165) is 11.8 Å². The van der Waals surface area contributed by atoms with Gasteiger partial charge in [0.15, 0.2) is 15.5 Å². The molecule has 0 aliphatic carbocycles. The van der Waals surface area contributed by atoms with Gasteiger partial charge in [-0.25, -0.2) is 4.98 Å². The number of halogens is 12. The van der Waals surface area contributed by atoms with Crippen LogP contribution < -0.4 is 9.47 Å². The van der Waals surface area contributed by atoms with E-state index in [1.165, 1.54) is 0 Å². The molecule has 34 heavy (non-hydrogen) atoms. The van der Waals surface area contributed by atoms with E-state index in [1.54, 1.807) is 0 Å². The maximum atomic E-state index is 6.25. The molecule has 0 amide bonds. The fourth-order valence-electron chi connectivity index (χ4n) is 1.98. The maximum absolute atomic E-state index is 6.25. The lowest BCUT2D eigenvalue weighted by Crippen LogP contribution is -2.22. The number of rotatable bonds is 6. The summed E-state index contributed by atoms with van der Waals surface area (Å²) in [7, 11) is 0. The Morgan fingerprint density at radius 1 is 0.441 bits per heavy atom. The number of hydrogen-bond donors (Lipinski definition) is 0. The Bertz CT molecular complexity index is 1140. The van der Waals surface area contributed by atoms with Crippen LogP contribution in [0, 0.1) is 0 Å². The molecule has 3 heterocycles. The van der Waals surface area contributed by atoms with Crippen LogP contribution in [0.4, 0.5) is 0 Å². The van der Waals surface area contributed by atoms with Crippen LogP contribution in [0.5, 0.6) is 11.8 Å². The monoisotopic (exact) mass is 719 g/mol. The third-order valence-electron chi connectivity index (χ3n) is 3.49. The summed E-state index contributed by atoms with van der Waals surface area (Å²) in [5, 5.41) is -1.45. The minimum Gasteiger partial charge on any atom is -0.426 e. The topological polar surface area (TPSA) is 57.1 Å². The van der Waals surface area contributed by atoms with E-state index in [-0.39, 0.29) is 77.4 Å². The van der Waals surface area contributed by atoms with Gasteiger partial charge in [-0.2, -0.15) is 9.97 Å². The molecule has 18 heteroatoms. The molecule has 0 radical (unpaired) electrons. The normalized spacial score (nSPS) is 11.3. The highest BCUT2D eigenvalue weighted by Crippen LogP contribution is 2.45. The van der Waals surface area contributed by atoms with Crippen LogP contribution in [0.25, 0.3) is 0 Å². The van der Waals surface area contributed by atoms with Crippen LogP contribution in [-0.2, 0) is 0 Å². The molecule has 182 valence electrons. The lowest BCUT2D eigenvalue weighted by Gasteiger charge is -2.21. The Labute approximate surface area is 256 Å². The molecule has 0 aromatic carbocycles. The van der Waals surface area contributed by atoms with Crippen molar-refractivity contribution in [3.05, 3.63) is 60.7 Å². The Morgan fingerprint density at radius 2 is 0.794 bits per heavy atom. The van der Waals surface area contributed by atoms with E-state index >= 15 is 0 Å². The zero-order valence-corrected chi connectivity index (χ0v) is 25.1. The highest BCUT2D eigenvalue weighted by Gasteiger charge is 2.27. The molecule has 0 bridgehead atoms.